The van der Waals surface area contributed by atoms with E-state index in [4.69, 9.17) is 4.74 Å². The maximum atomic E-state index is 11.6. The van der Waals surface area contributed by atoms with Crippen LogP contribution in [0.15, 0.2) is 40.9 Å². The molecular weight excluding hydrogens is 330 g/mol. The summed E-state index contributed by atoms with van der Waals surface area (Å²) >= 11 is 3.59. The topological polar surface area (TPSA) is 38.3 Å². The lowest BCUT2D eigenvalue weighted by molar-refractivity contribution is 0.0528. The summed E-state index contributed by atoms with van der Waals surface area (Å²) < 4.78 is 6.28. The van der Waals surface area contributed by atoms with Gasteiger partial charge in [-0.3, -0.25) is 0 Å². The molecule has 2 aromatic carbocycles. The molecule has 2 rings (SSSR count). The zero-order valence-corrected chi connectivity index (χ0v) is 14.2. The number of halogens is 1. The standard InChI is InChI=1S/C17H20BrNO2/c1-17(2,3)21-16(20)19-9-8-14-10-12-6-4-5-7-13(12)11-15(14)18/h4-7,10-11H,8-9H2,1-3H3,(H,19,20). The second kappa shape index (κ2) is 6.48. The molecule has 1 N–H and O–H groups in total. The predicted octanol–water partition coefficient (Wildman–Crippen LogP) is 4.67. The predicted molar refractivity (Wildman–Crippen MR) is 89.6 cm³/mol. The number of hydrogen-bond acceptors (Lipinski definition) is 2. The zero-order chi connectivity index (χ0) is 15.5. The van der Waals surface area contributed by atoms with Crippen molar-refractivity contribution < 1.29 is 9.53 Å². The van der Waals surface area contributed by atoms with Gasteiger partial charge in [0.15, 0.2) is 0 Å². The third-order valence-corrected chi connectivity index (χ3v) is 3.72. The molecule has 3 nitrogen and oxygen atoms in total. The molecule has 0 saturated carbocycles. The first-order valence-electron chi connectivity index (χ1n) is 6.99. The molecule has 2 aromatic rings. The lowest BCUT2D eigenvalue weighted by atomic mass is 10.1. The van der Waals surface area contributed by atoms with Crippen molar-refractivity contribution in [3.05, 3.63) is 46.4 Å². The number of hydrogen-bond donors (Lipinski definition) is 1. The highest BCUT2D eigenvalue weighted by atomic mass is 79.9. The first-order valence-corrected chi connectivity index (χ1v) is 7.78. The van der Waals surface area contributed by atoms with Crippen molar-refractivity contribution in [2.45, 2.75) is 32.8 Å². The summed E-state index contributed by atoms with van der Waals surface area (Å²) in [5.41, 5.74) is 0.706. The maximum absolute atomic E-state index is 11.6. The van der Waals surface area contributed by atoms with E-state index in [9.17, 15) is 4.79 Å². The van der Waals surface area contributed by atoms with E-state index in [-0.39, 0.29) is 6.09 Å². The maximum Gasteiger partial charge on any atom is 0.407 e. The van der Waals surface area contributed by atoms with E-state index in [1.54, 1.807) is 0 Å². The van der Waals surface area contributed by atoms with Gasteiger partial charge in [-0.05, 0) is 55.7 Å². The summed E-state index contributed by atoms with van der Waals surface area (Å²) in [4.78, 5) is 11.6. The summed E-state index contributed by atoms with van der Waals surface area (Å²) in [6.45, 7) is 6.11. The normalized spacial score (nSPS) is 11.4. The summed E-state index contributed by atoms with van der Waals surface area (Å²) in [6, 6.07) is 12.5. The molecular formula is C17H20BrNO2. The van der Waals surface area contributed by atoms with E-state index < -0.39 is 5.60 Å². The fourth-order valence-electron chi connectivity index (χ4n) is 2.06. The number of fused-ring (bicyclic) bond motifs is 1. The van der Waals surface area contributed by atoms with E-state index in [2.05, 4.69) is 45.5 Å². The average molecular weight is 350 g/mol. The molecule has 112 valence electrons. The van der Waals surface area contributed by atoms with Crippen molar-refractivity contribution >= 4 is 32.8 Å². The number of nitrogens with one attached hydrogen (secondary N) is 1. The van der Waals surface area contributed by atoms with Crippen LogP contribution in [0.5, 0.6) is 0 Å². The van der Waals surface area contributed by atoms with Crippen LogP contribution in [0.4, 0.5) is 4.79 Å². The molecule has 1 amide bonds. The molecule has 0 aliphatic heterocycles. The highest BCUT2D eigenvalue weighted by Crippen LogP contribution is 2.24. The van der Waals surface area contributed by atoms with E-state index in [1.165, 1.54) is 16.3 Å². The van der Waals surface area contributed by atoms with Gasteiger partial charge in [-0.25, -0.2) is 4.79 Å². The first kappa shape index (κ1) is 15.8. The summed E-state index contributed by atoms with van der Waals surface area (Å²) in [5, 5.41) is 5.18. The van der Waals surface area contributed by atoms with Gasteiger partial charge >= 0.3 is 6.09 Å². The number of alkyl carbamates (subject to hydrolysis) is 1. The Balaban J connectivity index is 1.97. The fourth-order valence-corrected chi connectivity index (χ4v) is 2.62. The number of benzene rings is 2. The number of ether oxygens (including phenoxy) is 1. The van der Waals surface area contributed by atoms with Crippen LogP contribution in [0, 0.1) is 0 Å². The number of carbonyl (C=O) groups is 1. The minimum atomic E-state index is -0.465. The monoisotopic (exact) mass is 349 g/mol. The van der Waals surface area contributed by atoms with Crippen molar-refractivity contribution in [2.75, 3.05) is 6.54 Å². The molecule has 0 bridgehead atoms. The Morgan fingerprint density at radius 3 is 2.43 bits per heavy atom. The van der Waals surface area contributed by atoms with Gasteiger partial charge in [0, 0.05) is 11.0 Å². The van der Waals surface area contributed by atoms with Gasteiger partial charge in [-0.2, -0.15) is 0 Å². The molecule has 0 aliphatic carbocycles. The highest BCUT2D eigenvalue weighted by Gasteiger charge is 2.15. The van der Waals surface area contributed by atoms with Crippen LogP contribution in [0.2, 0.25) is 0 Å². The minimum Gasteiger partial charge on any atom is -0.444 e. The minimum absolute atomic E-state index is 0.376. The summed E-state index contributed by atoms with van der Waals surface area (Å²) in [7, 11) is 0. The Morgan fingerprint density at radius 2 is 1.81 bits per heavy atom. The Kier molecular flexibility index (Phi) is 4.88. The number of amides is 1. The first-order chi connectivity index (χ1) is 9.85. The van der Waals surface area contributed by atoms with Gasteiger partial charge in [0.1, 0.15) is 5.60 Å². The van der Waals surface area contributed by atoms with Crippen LogP contribution < -0.4 is 5.32 Å². The fraction of sp³-hybridized carbons (Fsp3) is 0.353. The second-order valence-corrected chi connectivity index (χ2v) is 6.82. The van der Waals surface area contributed by atoms with E-state index in [0.29, 0.717) is 6.54 Å². The van der Waals surface area contributed by atoms with Crippen LogP contribution in [-0.4, -0.2) is 18.2 Å². The van der Waals surface area contributed by atoms with E-state index >= 15 is 0 Å². The second-order valence-electron chi connectivity index (χ2n) is 5.97. The average Bonchev–Trinajstić information content (AvgIpc) is 2.37. The van der Waals surface area contributed by atoms with Gasteiger partial charge in [-0.15, -0.1) is 0 Å². The van der Waals surface area contributed by atoms with Crippen molar-refractivity contribution in [3.8, 4) is 0 Å². The molecule has 21 heavy (non-hydrogen) atoms. The Morgan fingerprint density at radius 1 is 1.19 bits per heavy atom. The van der Waals surface area contributed by atoms with Crippen molar-refractivity contribution in [2.24, 2.45) is 0 Å². The van der Waals surface area contributed by atoms with Gasteiger partial charge in [0.2, 0.25) is 0 Å². The SMILES string of the molecule is CC(C)(C)OC(=O)NCCc1cc2ccccc2cc1Br. The Labute approximate surface area is 133 Å². The van der Waals surface area contributed by atoms with Crippen molar-refractivity contribution in [1.29, 1.82) is 0 Å². The smallest absolute Gasteiger partial charge is 0.407 e. The highest BCUT2D eigenvalue weighted by molar-refractivity contribution is 9.10. The van der Waals surface area contributed by atoms with Crippen LogP contribution in [-0.2, 0) is 11.2 Å². The summed E-state index contributed by atoms with van der Waals surface area (Å²) in [5.74, 6) is 0. The van der Waals surface area contributed by atoms with Crippen LogP contribution in [0.3, 0.4) is 0 Å². The van der Waals surface area contributed by atoms with Gasteiger partial charge < -0.3 is 10.1 Å². The van der Waals surface area contributed by atoms with Crippen molar-refractivity contribution in [3.63, 3.8) is 0 Å². The van der Waals surface area contributed by atoms with Crippen LogP contribution >= 0.6 is 15.9 Å². The Bertz CT molecular complexity index is 647. The lowest BCUT2D eigenvalue weighted by Crippen LogP contribution is -2.33. The molecule has 4 heteroatoms. The van der Waals surface area contributed by atoms with E-state index in [0.717, 1.165) is 10.9 Å². The van der Waals surface area contributed by atoms with Crippen LogP contribution in [0.25, 0.3) is 10.8 Å². The lowest BCUT2D eigenvalue weighted by Gasteiger charge is -2.19. The van der Waals surface area contributed by atoms with Crippen LogP contribution in [0.1, 0.15) is 26.3 Å². The number of rotatable bonds is 3. The quantitative estimate of drug-likeness (QED) is 0.874. The molecule has 0 spiro atoms. The molecule has 0 saturated heterocycles. The largest absolute Gasteiger partial charge is 0.444 e. The van der Waals surface area contributed by atoms with Crippen molar-refractivity contribution in [1.82, 2.24) is 5.32 Å². The third-order valence-electron chi connectivity index (χ3n) is 2.98. The van der Waals surface area contributed by atoms with Gasteiger partial charge in [0.05, 0.1) is 0 Å². The zero-order valence-electron chi connectivity index (χ0n) is 12.6. The van der Waals surface area contributed by atoms with E-state index in [1.807, 2.05) is 32.9 Å². The summed E-state index contributed by atoms with van der Waals surface area (Å²) in [6.07, 6.45) is 0.379. The molecule has 0 radical (unpaired) electrons. The number of carbonyl (C=O) groups excluding carboxylic acids is 1. The third kappa shape index (κ3) is 4.74. The molecule has 0 atom stereocenters. The molecule has 0 aliphatic rings. The Hall–Kier alpha value is -1.55. The van der Waals surface area contributed by atoms with Gasteiger partial charge in [-0.1, -0.05) is 40.2 Å². The van der Waals surface area contributed by atoms with Gasteiger partial charge in [0.25, 0.3) is 0 Å². The molecule has 0 unspecified atom stereocenters. The molecule has 0 aromatic heterocycles. The molecule has 0 fully saturated rings. The molecule has 0 heterocycles.